The summed E-state index contributed by atoms with van der Waals surface area (Å²) in [4.78, 5) is 26.9. The Morgan fingerprint density at radius 1 is 1.19 bits per heavy atom. The zero-order chi connectivity index (χ0) is 18.9. The molecule has 0 aliphatic carbocycles. The van der Waals surface area contributed by atoms with Crippen LogP contribution in [0.25, 0.3) is 6.08 Å². The van der Waals surface area contributed by atoms with E-state index in [4.69, 9.17) is 4.74 Å². The Balaban J connectivity index is 2.08. The Bertz CT molecular complexity index is 865. The molecular formula is C21H20FNO3. The van der Waals surface area contributed by atoms with Gasteiger partial charge >= 0.3 is 5.97 Å². The Labute approximate surface area is 151 Å². The van der Waals surface area contributed by atoms with Crippen molar-refractivity contribution in [2.45, 2.75) is 13.0 Å². The Hall–Kier alpha value is -2.95. The molecule has 0 bridgehead atoms. The number of aryl methyl sites for hydroxylation is 1. The second-order valence-electron chi connectivity index (χ2n) is 6.42. The second-order valence-corrected chi connectivity index (χ2v) is 6.42. The minimum absolute atomic E-state index is 0.344. The lowest BCUT2D eigenvalue weighted by Crippen LogP contribution is -2.64. The first-order valence-corrected chi connectivity index (χ1v) is 8.28. The Morgan fingerprint density at radius 2 is 1.85 bits per heavy atom. The molecule has 1 amide bonds. The second kappa shape index (κ2) is 6.75. The van der Waals surface area contributed by atoms with Crippen LogP contribution in [0.1, 0.15) is 22.7 Å². The number of carbonyl (C=O) groups is 2. The molecule has 1 fully saturated rings. The van der Waals surface area contributed by atoms with Crippen molar-refractivity contribution in [3.05, 3.63) is 77.1 Å². The van der Waals surface area contributed by atoms with Gasteiger partial charge in [-0.15, -0.1) is 0 Å². The zero-order valence-electron chi connectivity index (χ0n) is 14.9. The minimum Gasteiger partial charge on any atom is -0.468 e. The number of likely N-dealkylation sites (tertiary alicyclic amines) is 1. The van der Waals surface area contributed by atoms with Gasteiger partial charge < -0.3 is 9.64 Å². The first-order valence-electron chi connectivity index (χ1n) is 8.28. The monoisotopic (exact) mass is 353 g/mol. The molecule has 0 spiro atoms. The van der Waals surface area contributed by atoms with E-state index in [1.807, 2.05) is 31.2 Å². The summed E-state index contributed by atoms with van der Waals surface area (Å²) in [5.41, 5.74) is 1.16. The van der Waals surface area contributed by atoms with Gasteiger partial charge in [-0.1, -0.05) is 48.6 Å². The van der Waals surface area contributed by atoms with Crippen molar-refractivity contribution in [2.24, 2.45) is 5.41 Å². The average Bonchev–Trinajstić information content (AvgIpc) is 2.66. The largest absolute Gasteiger partial charge is 0.468 e. The summed E-state index contributed by atoms with van der Waals surface area (Å²) in [5.74, 6) is -1.34. The molecule has 1 aliphatic rings. The van der Waals surface area contributed by atoms with Crippen LogP contribution in [0.3, 0.4) is 0 Å². The third-order valence-electron chi connectivity index (χ3n) is 4.92. The molecule has 2 aromatic rings. The summed E-state index contributed by atoms with van der Waals surface area (Å²) in [7, 11) is 2.89. The number of halogens is 1. The van der Waals surface area contributed by atoms with Crippen LogP contribution in [0.4, 0.5) is 4.39 Å². The third-order valence-corrected chi connectivity index (χ3v) is 4.92. The molecule has 1 saturated heterocycles. The summed E-state index contributed by atoms with van der Waals surface area (Å²) in [6.45, 7) is 1.96. The van der Waals surface area contributed by atoms with Crippen LogP contribution >= 0.6 is 0 Å². The molecule has 5 heteroatoms. The smallest absolute Gasteiger partial charge is 0.327 e. The fraction of sp³-hybridized carbons (Fsp3) is 0.238. The standard InChI is InChI=1S/C21H20FNO3/c1-14-6-4-5-7-15(14)12-13-21(20(25)26-3)18(23(2)19(21)24)16-8-10-17(22)11-9-16/h4-13,18H,1-3H3/b13-12+/t18-,21+/m1/s1. The van der Waals surface area contributed by atoms with Gasteiger partial charge in [-0.25, -0.2) is 4.39 Å². The summed E-state index contributed by atoms with van der Waals surface area (Å²) in [6, 6.07) is 12.9. The van der Waals surface area contributed by atoms with Crippen molar-refractivity contribution in [1.82, 2.24) is 4.90 Å². The highest BCUT2D eigenvalue weighted by Gasteiger charge is 2.64. The van der Waals surface area contributed by atoms with Gasteiger partial charge in [0.05, 0.1) is 13.2 Å². The molecule has 0 radical (unpaired) electrons. The number of rotatable bonds is 4. The molecule has 2 atom stereocenters. The SMILES string of the molecule is COC(=O)[C@]1(/C=C/c2ccccc2C)C(=O)N(C)[C@@H]1c1ccc(F)cc1. The number of ether oxygens (including phenoxy) is 1. The number of hydrogen-bond acceptors (Lipinski definition) is 3. The average molecular weight is 353 g/mol. The van der Waals surface area contributed by atoms with Crippen molar-refractivity contribution in [1.29, 1.82) is 0 Å². The number of methoxy groups -OCH3 is 1. The van der Waals surface area contributed by atoms with Gasteiger partial charge in [0.15, 0.2) is 5.41 Å². The molecule has 0 saturated carbocycles. The van der Waals surface area contributed by atoms with Crippen LogP contribution in [-0.4, -0.2) is 30.9 Å². The van der Waals surface area contributed by atoms with E-state index < -0.39 is 17.4 Å². The lowest BCUT2D eigenvalue weighted by Gasteiger charge is -2.51. The van der Waals surface area contributed by atoms with Crippen molar-refractivity contribution < 1.29 is 18.7 Å². The molecule has 134 valence electrons. The van der Waals surface area contributed by atoms with Crippen LogP contribution in [0, 0.1) is 18.2 Å². The number of esters is 1. The van der Waals surface area contributed by atoms with E-state index in [1.165, 1.54) is 24.1 Å². The molecule has 3 rings (SSSR count). The first-order chi connectivity index (χ1) is 12.4. The van der Waals surface area contributed by atoms with E-state index in [1.54, 1.807) is 31.3 Å². The van der Waals surface area contributed by atoms with Crippen LogP contribution in [-0.2, 0) is 14.3 Å². The lowest BCUT2D eigenvalue weighted by molar-refractivity contribution is -0.180. The topological polar surface area (TPSA) is 46.6 Å². The predicted molar refractivity (Wildman–Crippen MR) is 96.6 cm³/mol. The van der Waals surface area contributed by atoms with E-state index in [2.05, 4.69) is 0 Å². The van der Waals surface area contributed by atoms with E-state index in [9.17, 15) is 14.0 Å². The van der Waals surface area contributed by atoms with Crippen LogP contribution < -0.4 is 0 Å². The van der Waals surface area contributed by atoms with Gasteiger partial charge in [0, 0.05) is 7.05 Å². The molecule has 1 aliphatic heterocycles. The minimum atomic E-state index is -1.45. The number of hydrogen-bond donors (Lipinski definition) is 0. The van der Waals surface area contributed by atoms with E-state index in [0.29, 0.717) is 5.56 Å². The Kier molecular flexibility index (Phi) is 4.64. The highest BCUT2D eigenvalue weighted by molar-refractivity contribution is 6.11. The number of amides is 1. The van der Waals surface area contributed by atoms with Gasteiger partial charge in [0.2, 0.25) is 5.91 Å². The third kappa shape index (κ3) is 2.69. The molecular weight excluding hydrogens is 333 g/mol. The first kappa shape index (κ1) is 17.9. The van der Waals surface area contributed by atoms with Crippen molar-refractivity contribution in [3.63, 3.8) is 0 Å². The Morgan fingerprint density at radius 3 is 2.46 bits per heavy atom. The van der Waals surface area contributed by atoms with E-state index in [-0.39, 0.29) is 11.7 Å². The van der Waals surface area contributed by atoms with Gasteiger partial charge in [-0.2, -0.15) is 0 Å². The molecule has 0 N–H and O–H groups in total. The molecule has 2 aromatic carbocycles. The van der Waals surface area contributed by atoms with Crippen molar-refractivity contribution in [3.8, 4) is 0 Å². The van der Waals surface area contributed by atoms with Gasteiger partial charge in [0.1, 0.15) is 5.82 Å². The highest BCUT2D eigenvalue weighted by atomic mass is 19.1. The molecule has 1 heterocycles. The quantitative estimate of drug-likeness (QED) is 0.480. The van der Waals surface area contributed by atoms with Crippen molar-refractivity contribution in [2.75, 3.05) is 14.2 Å². The maximum absolute atomic E-state index is 13.3. The summed E-state index contributed by atoms with van der Waals surface area (Å²) in [6.07, 6.45) is 3.38. The van der Waals surface area contributed by atoms with E-state index in [0.717, 1.165) is 11.1 Å². The lowest BCUT2D eigenvalue weighted by atomic mass is 9.67. The van der Waals surface area contributed by atoms with E-state index >= 15 is 0 Å². The molecule has 4 nitrogen and oxygen atoms in total. The summed E-state index contributed by atoms with van der Waals surface area (Å²) in [5, 5.41) is 0. The number of β-lactam (4-membered cyclic amide) rings is 1. The molecule has 0 unspecified atom stereocenters. The fourth-order valence-corrected chi connectivity index (χ4v) is 3.49. The number of nitrogens with zero attached hydrogens (tertiary/aromatic N) is 1. The van der Waals surface area contributed by atoms with Crippen molar-refractivity contribution >= 4 is 18.0 Å². The zero-order valence-corrected chi connectivity index (χ0v) is 14.9. The molecule has 26 heavy (non-hydrogen) atoms. The fourth-order valence-electron chi connectivity index (χ4n) is 3.49. The predicted octanol–water partition coefficient (Wildman–Crippen LogP) is 3.52. The summed E-state index contributed by atoms with van der Waals surface area (Å²) >= 11 is 0. The van der Waals surface area contributed by atoms with Gasteiger partial charge in [0.25, 0.3) is 0 Å². The maximum Gasteiger partial charge on any atom is 0.327 e. The number of carbonyl (C=O) groups excluding carboxylic acids is 2. The number of benzene rings is 2. The highest BCUT2D eigenvalue weighted by Crippen LogP contribution is 2.51. The van der Waals surface area contributed by atoms with Crippen LogP contribution in [0.5, 0.6) is 0 Å². The maximum atomic E-state index is 13.3. The van der Waals surface area contributed by atoms with Crippen LogP contribution in [0.2, 0.25) is 0 Å². The van der Waals surface area contributed by atoms with Gasteiger partial charge in [-0.05, 0) is 35.7 Å². The van der Waals surface area contributed by atoms with Gasteiger partial charge in [-0.3, -0.25) is 9.59 Å². The normalized spacial score (nSPS) is 22.4. The van der Waals surface area contributed by atoms with Crippen LogP contribution in [0.15, 0.2) is 54.6 Å². The molecule has 0 aromatic heterocycles. The summed E-state index contributed by atoms with van der Waals surface area (Å²) < 4.78 is 18.2.